The van der Waals surface area contributed by atoms with E-state index in [4.69, 9.17) is 0 Å². The number of amides is 1. The Hall–Kier alpha value is -1.85. The van der Waals surface area contributed by atoms with E-state index >= 15 is 0 Å². The van der Waals surface area contributed by atoms with Crippen LogP contribution in [-0.2, 0) is 4.79 Å². The number of hydrogen-bond donors (Lipinski definition) is 1. The molecule has 0 aliphatic heterocycles. The zero-order chi connectivity index (χ0) is 12.9. The number of alkyl halides is 3. The summed E-state index contributed by atoms with van der Waals surface area (Å²) in [6.07, 6.45) is -3.94. The molecule has 0 radical (unpaired) electrons. The second-order valence-corrected chi connectivity index (χ2v) is 3.18. The summed E-state index contributed by atoms with van der Waals surface area (Å²) in [7, 11) is 0. The van der Waals surface area contributed by atoms with Crippen molar-refractivity contribution in [2.45, 2.75) is 6.18 Å². The lowest BCUT2D eigenvalue weighted by molar-refractivity contribution is -0.173. The first-order valence-corrected chi connectivity index (χ1v) is 4.66. The van der Waals surface area contributed by atoms with Gasteiger partial charge in [0.15, 0.2) is 0 Å². The van der Waals surface area contributed by atoms with Gasteiger partial charge >= 0.3 is 12.1 Å². The molecule has 1 amide bonds. The Morgan fingerprint density at radius 1 is 1.24 bits per heavy atom. The topological polar surface area (TPSA) is 29.1 Å². The van der Waals surface area contributed by atoms with Crippen molar-refractivity contribution >= 4 is 12.0 Å². The maximum Gasteiger partial charge on any atom is 0.471 e. The summed E-state index contributed by atoms with van der Waals surface area (Å²) in [5, 5.41) is 1.44. The molecule has 0 unspecified atom stereocenters. The van der Waals surface area contributed by atoms with Crippen molar-refractivity contribution < 1.29 is 22.4 Å². The number of benzene rings is 1. The molecular formula is C11H9F4NO. The van der Waals surface area contributed by atoms with Gasteiger partial charge in [-0.3, -0.25) is 4.79 Å². The van der Waals surface area contributed by atoms with Crippen LogP contribution in [0.5, 0.6) is 0 Å². The number of hydrogen-bond acceptors (Lipinski definition) is 1. The molecule has 17 heavy (non-hydrogen) atoms. The molecule has 0 atom stereocenters. The zero-order valence-corrected chi connectivity index (χ0v) is 8.59. The van der Waals surface area contributed by atoms with E-state index in [-0.39, 0.29) is 0 Å². The molecule has 1 aromatic carbocycles. The molecule has 92 valence electrons. The highest BCUT2D eigenvalue weighted by molar-refractivity contribution is 5.81. The predicted octanol–water partition coefficient (Wildman–Crippen LogP) is 2.68. The zero-order valence-electron chi connectivity index (χ0n) is 8.59. The number of carbonyl (C=O) groups excluding carboxylic acids is 1. The SMILES string of the molecule is O=C(NC/C(F)=C/c1ccccc1)C(F)(F)F. The molecule has 0 fully saturated rings. The molecule has 0 saturated carbocycles. The van der Waals surface area contributed by atoms with Crippen LogP contribution in [0.1, 0.15) is 5.56 Å². The Bertz CT molecular complexity index is 411. The molecule has 0 heterocycles. The average Bonchev–Trinajstić information content (AvgIpc) is 2.26. The highest BCUT2D eigenvalue weighted by Gasteiger charge is 2.38. The van der Waals surface area contributed by atoms with Gasteiger partial charge in [0.1, 0.15) is 5.83 Å². The lowest BCUT2D eigenvalue weighted by Crippen LogP contribution is -2.37. The third-order valence-electron chi connectivity index (χ3n) is 1.80. The van der Waals surface area contributed by atoms with Crippen molar-refractivity contribution in [3.8, 4) is 0 Å². The van der Waals surface area contributed by atoms with Gasteiger partial charge in [0.2, 0.25) is 0 Å². The Labute approximate surface area is 94.9 Å². The third-order valence-corrected chi connectivity index (χ3v) is 1.80. The van der Waals surface area contributed by atoms with Gasteiger partial charge in [-0.15, -0.1) is 0 Å². The van der Waals surface area contributed by atoms with Crippen LogP contribution < -0.4 is 5.32 Å². The van der Waals surface area contributed by atoms with Crippen molar-refractivity contribution in [2.75, 3.05) is 6.54 Å². The summed E-state index contributed by atoms with van der Waals surface area (Å²) < 4.78 is 48.4. The summed E-state index contributed by atoms with van der Waals surface area (Å²) in [6, 6.07) is 8.22. The highest BCUT2D eigenvalue weighted by Crippen LogP contribution is 2.14. The summed E-state index contributed by atoms with van der Waals surface area (Å²) in [5.74, 6) is -3.01. The monoisotopic (exact) mass is 247 g/mol. The van der Waals surface area contributed by atoms with Crippen molar-refractivity contribution in [2.24, 2.45) is 0 Å². The molecule has 1 N–H and O–H groups in total. The third kappa shape index (κ3) is 4.67. The van der Waals surface area contributed by atoms with Crippen LogP contribution in [0.3, 0.4) is 0 Å². The normalized spacial score (nSPS) is 12.4. The molecule has 0 aliphatic carbocycles. The van der Waals surface area contributed by atoms with E-state index in [2.05, 4.69) is 0 Å². The van der Waals surface area contributed by atoms with Crippen molar-refractivity contribution in [1.82, 2.24) is 5.32 Å². The quantitative estimate of drug-likeness (QED) is 0.817. The summed E-state index contributed by atoms with van der Waals surface area (Å²) in [5.41, 5.74) is 0.506. The van der Waals surface area contributed by atoms with Crippen LogP contribution in [0.4, 0.5) is 17.6 Å². The summed E-state index contributed by atoms with van der Waals surface area (Å²) >= 11 is 0. The van der Waals surface area contributed by atoms with E-state index in [9.17, 15) is 22.4 Å². The fraction of sp³-hybridized carbons (Fsp3) is 0.182. The second-order valence-electron chi connectivity index (χ2n) is 3.18. The van der Waals surface area contributed by atoms with Crippen LogP contribution in [0.25, 0.3) is 6.08 Å². The minimum atomic E-state index is -4.99. The van der Waals surface area contributed by atoms with E-state index < -0.39 is 24.5 Å². The molecular weight excluding hydrogens is 238 g/mol. The van der Waals surface area contributed by atoms with Crippen molar-refractivity contribution in [3.63, 3.8) is 0 Å². The van der Waals surface area contributed by atoms with Gasteiger partial charge in [0, 0.05) is 0 Å². The minimum absolute atomic E-state index is 0.506. The average molecular weight is 247 g/mol. The number of halogens is 4. The van der Waals surface area contributed by atoms with Gasteiger partial charge in [0.25, 0.3) is 0 Å². The Morgan fingerprint density at radius 2 is 1.82 bits per heavy atom. The van der Waals surface area contributed by atoms with Gasteiger partial charge in [-0.2, -0.15) is 13.2 Å². The molecule has 1 rings (SSSR count). The predicted molar refractivity (Wildman–Crippen MR) is 54.6 cm³/mol. The van der Waals surface area contributed by atoms with Crippen molar-refractivity contribution in [3.05, 3.63) is 41.7 Å². The maximum atomic E-state index is 13.1. The minimum Gasteiger partial charge on any atom is -0.342 e. The molecule has 0 aromatic heterocycles. The molecule has 2 nitrogen and oxygen atoms in total. The lowest BCUT2D eigenvalue weighted by atomic mass is 10.2. The van der Waals surface area contributed by atoms with Crippen LogP contribution in [-0.4, -0.2) is 18.6 Å². The van der Waals surface area contributed by atoms with Gasteiger partial charge in [-0.05, 0) is 11.6 Å². The lowest BCUT2D eigenvalue weighted by Gasteiger charge is -2.06. The standard InChI is InChI=1S/C11H9F4NO/c12-9(6-8-4-2-1-3-5-8)7-16-10(17)11(13,14)15/h1-6H,7H2,(H,16,17)/b9-6-. The van der Waals surface area contributed by atoms with Gasteiger partial charge in [-0.25, -0.2) is 4.39 Å². The molecule has 0 aliphatic rings. The fourth-order valence-corrected chi connectivity index (χ4v) is 1.05. The first-order chi connectivity index (χ1) is 7.89. The van der Waals surface area contributed by atoms with Crippen LogP contribution in [0, 0.1) is 0 Å². The van der Waals surface area contributed by atoms with E-state index in [1.165, 1.54) is 5.32 Å². The summed E-state index contributed by atoms with van der Waals surface area (Å²) in [6.45, 7) is -0.784. The highest BCUT2D eigenvalue weighted by atomic mass is 19.4. The maximum absolute atomic E-state index is 13.1. The van der Waals surface area contributed by atoms with Crippen LogP contribution in [0.15, 0.2) is 36.2 Å². The van der Waals surface area contributed by atoms with E-state index in [1.807, 2.05) is 0 Å². The van der Waals surface area contributed by atoms with E-state index in [0.29, 0.717) is 5.56 Å². The number of nitrogens with one attached hydrogen (secondary N) is 1. The Morgan fingerprint density at radius 3 is 2.35 bits per heavy atom. The van der Waals surface area contributed by atoms with Gasteiger partial charge in [0.05, 0.1) is 6.54 Å². The number of rotatable bonds is 3. The Balaban J connectivity index is 2.54. The molecule has 1 aromatic rings. The molecule has 6 heteroatoms. The van der Waals surface area contributed by atoms with Crippen LogP contribution in [0.2, 0.25) is 0 Å². The number of carbonyl (C=O) groups is 1. The fourth-order valence-electron chi connectivity index (χ4n) is 1.05. The second kappa shape index (κ2) is 5.47. The van der Waals surface area contributed by atoms with Gasteiger partial charge in [-0.1, -0.05) is 30.3 Å². The smallest absolute Gasteiger partial charge is 0.342 e. The first kappa shape index (κ1) is 13.2. The largest absolute Gasteiger partial charge is 0.471 e. The van der Waals surface area contributed by atoms with Gasteiger partial charge < -0.3 is 5.32 Å². The summed E-state index contributed by atoms with van der Waals surface area (Å²) in [4.78, 5) is 10.4. The van der Waals surface area contributed by atoms with E-state index in [0.717, 1.165) is 6.08 Å². The van der Waals surface area contributed by atoms with Crippen molar-refractivity contribution in [1.29, 1.82) is 0 Å². The molecule has 0 bridgehead atoms. The molecule has 0 spiro atoms. The Kier molecular flexibility index (Phi) is 4.25. The molecule has 0 saturated heterocycles. The van der Waals surface area contributed by atoms with E-state index in [1.54, 1.807) is 30.3 Å². The first-order valence-electron chi connectivity index (χ1n) is 4.66. The van der Waals surface area contributed by atoms with Crippen LogP contribution >= 0.6 is 0 Å².